The molecule has 1 aliphatic rings. The van der Waals surface area contributed by atoms with Crippen LogP contribution in [0.15, 0.2) is 24.3 Å². The van der Waals surface area contributed by atoms with Crippen LogP contribution in [0.4, 0.5) is 0 Å². The maximum absolute atomic E-state index is 12.0. The highest BCUT2D eigenvalue weighted by Crippen LogP contribution is 2.30. The predicted molar refractivity (Wildman–Crippen MR) is 76.1 cm³/mol. The third-order valence-electron chi connectivity index (χ3n) is 3.23. The first-order valence-corrected chi connectivity index (χ1v) is 6.19. The lowest BCUT2D eigenvalue weighted by atomic mass is 10.00. The summed E-state index contributed by atoms with van der Waals surface area (Å²) < 4.78 is 10.7. The Morgan fingerprint density at radius 1 is 1.32 bits per heavy atom. The molecule has 0 bridgehead atoms. The van der Waals surface area contributed by atoms with E-state index in [-0.39, 0.29) is 24.2 Å². The van der Waals surface area contributed by atoms with Gasteiger partial charge in [0.2, 0.25) is 0 Å². The van der Waals surface area contributed by atoms with Crippen LogP contribution in [0.2, 0.25) is 0 Å². The van der Waals surface area contributed by atoms with E-state index in [4.69, 9.17) is 9.47 Å². The quantitative estimate of drug-likeness (QED) is 0.849. The first-order chi connectivity index (χ1) is 8.74. The van der Waals surface area contributed by atoms with Crippen LogP contribution in [0.25, 0.3) is 0 Å². The lowest BCUT2D eigenvalue weighted by molar-refractivity contribution is -0.124. The summed E-state index contributed by atoms with van der Waals surface area (Å²) in [5.41, 5.74) is 0.939. The van der Waals surface area contributed by atoms with Crippen LogP contribution in [0.5, 0.6) is 5.75 Å². The lowest BCUT2D eigenvalue weighted by Gasteiger charge is -2.33. The number of ketones is 1. The Hall–Kier alpha value is -1.10. The molecule has 1 fully saturated rings. The molecule has 5 heteroatoms. The van der Waals surface area contributed by atoms with E-state index in [0.29, 0.717) is 13.2 Å². The normalized spacial score (nSPS) is 17.4. The Bertz CT molecular complexity index is 419. The van der Waals surface area contributed by atoms with Gasteiger partial charge in [-0.1, -0.05) is 18.2 Å². The smallest absolute Gasteiger partial charge is 0.151 e. The van der Waals surface area contributed by atoms with Crippen LogP contribution in [-0.2, 0) is 9.53 Å². The van der Waals surface area contributed by atoms with Crippen molar-refractivity contribution in [2.45, 2.75) is 13.0 Å². The second kappa shape index (κ2) is 7.48. The van der Waals surface area contributed by atoms with E-state index < -0.39 is 0 Å². The molecule has 1 aromatic carbocycles. The van der Waals surface area contributed by atoms with Gasteiger partial charge in [0.15, 0.2) is 5.78 Å². The molecule has 1 aromatic rings. The van der Waals surface area contributed by atoms with Gasteiger partial charge in [-0.3, -0.25) is 9.69 Å². The molecule has 19 heavy (non-hydrogen) atoms. The molecule has 0 aromatic heterocycles. The zero-order valence-electron chi connectivity index (χ0n) is 11.3. The van der Waals surface area contributed by atoms with E-state index in [2.05, 4.69) is 4.90 Å². The van der Waals surface area contributed by atoms with Gasteiger partial charge >= 0.3 is 0 Å². The van der Waals surface area contributed by atoms with Crippen LogP contribution in [0, 0.1) is 0 Å². The Labute approximate surface area is 120 Å². The molecule has 4 nitrogen and oxygen atoms in total. The van der Waals surface area contributed by atoms with Gasteiger partial charge in [0.05, 0.1) is 26.4 Å². The fraction of sp³-hybridized carbons (Fsp3) is 0.500. The summed E-state index contributed by atoms with van der Waals surface area (Å²) in [5, 5.41) is 0. The van der Waals surface area contributed by atoms with Crippen LogP contribution in [0.1, 0.15) is 18.5 Å². The first kappa shape index (κ1) is 16.0. The average molecular weight is 286 g/mol. The fourth-order valence-corrected chi connectivity index (χ4v) is 2.40. The Kier molecular flexibility index (Phi) is 6.28. The molecular formula is C14H20ClNO3. The van der Waals surface area contributed by atoms with Crippen molar-refractivity contribution < 1.29 is 14.3 Å². The number of hydrogen-bond acceptors (Lipinski definition) is 4. The number of halogens is 1. The minimum atomic E-state index is -0.231. The molecular weight excluding hydrogens is 266 g/mol. The summed E-state index contributed by atoms with van der Waals surface area (Å²) >= 11 is 0. The molecule has 0 amide bonds. The summed E-state index contributed by atoms with van der Waals surface area (Å²) in [6.45, 7) is 4.55. The maximum Gasteiger partial charge on any atom is 0.151 e. The van der Waals surface area contributed by atoms with E-state index in [1.165, 1.54) is 0 Å². The Morgan fingerprint density at radius 2 is 1.95 bits per heavy atom. The average Bonchev–Trinajstić information content (AvgIpc) is 2.40. The van der Waals surface area contributed by atoms with Gasteiger partial charge in [0.1, 0.15) is 5.75 Å². The second-order valence-corrected chi connectivity index (χ2v) is 4.40. The number of nitrogens with zero attached hydrogens (tertiary/aromatic N) is 1. The van der Waals surface area contributed by atoms with Crippen LogP contribution in [-0.4, -0.2) is 44.1 Å². The number of ether oxygens (including phenoxy) is 2. The topological polar surface area (TPSA) is 38.8 Å². The number of rotatable bonds is 4. The molecule has 1 saturated heterocycles. The summed E-state index contributed by atoms with van der Waals surface area (Å²) in [5.74, 6) is 0.908. The van der Waals surface area contributed by atoms with Gasteiger partial charge < -0.3 is 9.47 Å². The number of methoxy groups -OCH3 is 1. The van der Waals surface area contributed by atoms with Crippen molar-refractivity contribution in [2.24, 2.45) is 0 Å². The number of para-hydroxylation sites is 1. The number of Topliss-reactive ketones (excluding diaryl/α,β-unsaturated/α-hetero) is 1. The molecule has 106 valence electrons. The van der Waals surface area contributed by atoms with E-state index in [1.54, 1.807) is 14.0 Å². The van der Waals surface area contributed by atoms with Crippen LogP contribution < -0.4 is 4.74 Å². The standard InChI is InChI=1S/C14H19NO3.ClH/c1-11(16)14(15-7-9-18-10-8-15)12-5-3-4-6-13(12)17-2;/h3-6,14H,7-10H2,1-2H3;1H. The molecule has 1 aliphatic heterocycles. The largest absolute Gasteiger partial charge is 0.496 e. The third kappa shape index (κ3) is 3.69. The molecule has 1 heterocycles. The second-order valence-electron chi connectivity index (χ2n) is 4.40. The summed E-state index contributed by atoms with van der Waals surface area (Å²) in [7, 11) is 1.63. The number of benzene rings is 1. The minimum absolute atomic E-state index is 0. The van der Waals surface area contributed by atoms with Crippen molar-refractivity contribution in [3.8, 4) is 5.75 Å². The van der Waals surface area contributed by atoms with Crippen molar-refractivity contribution >= 4 is 18.2 Å². The van der Waals surface area contributed by atoms with Crippen LogP contribution >= 0.6 is 12.4 Å². The van der Waals surface area contributed by atoms with Gasteiger partial charge in [-0.15, -0.1) is 12.4 Å². The predicted octanol–water partition coefficient (Wildman–Crippen LogP) is 2.08. The van der Waals surface area contributed by atoms with Crippen molar-refractivity contribution in [1.82, 2.24) is 4.90 Å². The molecule has 0 radical (unpaired) electrons. The molecule has 2 rings (SSSR count). The minimum Gasteiger partial charge on any atom is -0.496 e. The van der Waals surface area contributed by atoms with Crippen molar-refractivity contribution in [2.75, 3.05) is 33.4 Å². The molecule has 0 N–H and O–H groups in total. The SMILES string of the molecule is COc1ccccc1C(C(C)=O)N1CCOCC1.Cl. The zero-order valence-corrected chi connectivity index (χ0v) is 12.1. The first-order valence-electron chi connectivity index (χ1n) is 6.19. The molecule has 0 saturated carbocycles. The van der Waals surface area contributed by atoms with Gasteiger partial charge in [-0.05, 0) is 13.0 Å². The highest BCUT2D eigenvalue weighted by molar-refractivity contribution is 5.85. The third-order valence-corrected chi connectivity index (χ3v) is 3.23. The van der Waals surface area contributed by atoms with E-state index in [1.807, 2.05) is 24.3 Å². The lowest BCUT2D eigenvalue weighted by Crippen LogP contribution is -2.41. The number of carbonyl (C=O) groups is 1. The van der Waals surface area contributed by atoms with Gasteiger partial charge in [0.25, 0.3) is 0 Å². The van der Waals surface area contributed by atoms with E-state index in [9.17, 15) is 4.79 Å². The van der Waals surface area contributed by atoms with Crippen molar-refractivity contribution in [1.29, 1.82) is 0 Å². The monoisotopic (exact) mass is 285 g/mol. The Morgan fingerprint density at radius 3 is 2.53 bits per heavy atom. The fourth-order valence-electron chi connectivity index (χ4n) is 2.40. The number of hydrogen-bond donors (Lipinski definition) is 0. The molecule has 0 aliphatic carbocycles. The molecule has 1 unspecified atom stereocenters. The zero-order chi connectivity index (χ0) is 13.0. The summed E-state index contributed by atoms with van der Waals surface area (Å²) in [4.78, 5) is 14.1. The summed E-state index contributed by atoms with van der Waals surface area (Å²) in [6, 6.07) is 7.48. The van der Waals surface area contributed by atoms with E-state index >= 15 is 0 Å². The Balaban J connectivity index is 0.00000180. The van der Waals surface area contributed by atoms with Gasteiger partial charge in [-0.2, -0.15) is 0 Å². The van der Waals surface area contributed by atoms with Gasteiger partial charge in [-0.25, -0.2) is 0 Å². The summed E-state index contributed by atoms with van der Waals surface area (Å²) in [6.07, 6.45) is 0. The highest BCUT2D eigenvalue weighted by Gasteiger charge is 2.28. The van der Waals surface area contributed by atoms with Gasteiger partial charge in [0, 0.05) is 18.7 Å². The van der Waals surface area contributed by atoms with Crippen molar-refractivity contribution in [3.05, 3.63) is 29.8 Å². The number of morpholine rings is 1. The molecule has 1 atom stereocenters. The van der Waals surface area contributed by atoms with Crippen LogP contribution in [0.3, 0.4) is 0 Å². The maximum atomic E-state index is 12.0. The van der Waals surface area contributed by atoms with E-state index in [0.717, 1.165) is 24.4 Å². The highest BCUT2D eigenvalue weighted by atomic mass is 35.5. The van der Waals surface area contributed by atoms with Crippen molar-refractivity contribution in [3.63, 3.8) is 0 Å². The number of carbonyl (C=O) groups excluding carboxylic acids is 1. The molecule has 0 spiro atoms.